The van der Waals surface area contributed by atoms with Crippen molar-refractivity contribution >= 4 is 22.7 Å². The van der Waals surface area contributed by atoms with Crippen molar-refractivity contribution in [2.75, 3.05) is 0 Å². The normalized spacial score (nSPS) is 10.8. The van der Waals surface area contributed by atoms with Gasteiger partial charge in [0.25, 0.3) is 5.35 Å². The van der Waals surface area contributed by atoms with E-state index in [4.69, 9.17) is 21.1 Å². The van der Waals surface area contributed by atoms with Gasteiger partial charge in [0.05, 0.1) is 6.61 Å². The molecule has 3 nitrogen and oxygen atoms in total. The van der Waals surface area contributed by atoms with Crippen LogP contribution in [0.5, 0.6) is 0 Å². The summed E-state index contributed by atoms with van der Waals surface area (Å²) in [5.41, 5.74) is 1.93. The molecule has 1 N–H and O–H groups in total. The zero-order chi connectivity index (χ0) is 8.55. The van der Waals surface area contributed by atoms with Gasteiger partial charge in [-0.05, 0) is 17.7 Å². The molecule has 0 spiro atoms. The summed E-state index contributed by atoms with van der Waals surface area (Å²) in [6, 6.07) is 5.35. The lowest BCUT2D eigenvalue weighted by Crippen LogP contribution is -1.81. The average molecular weight is 184 g/mol. The lowest BCUT2D eigenvalue weighted by atomic mass is 10.2. The molecule has 2 aromatic rings. The van der Waals surface area contributed by atoms with Gasteiger partial charge < -0.3 is 9.52 Å². The predicted octanol–water partition coefficient (Wildman–Crippen LogP) is 1.97. The van der Waals surface area contributed by atoms with Gasteiger partial charge in [-0.2, -0.15) is 4.98 Å². The highest BCUT2D eigenvalue weighted by molar-refractivity contribution is 6.28. The van der Waals surface area contributed by atoms with E-state index < -0.39 is 0 Å². The minimum Gasteiger partial charge on any atom is -0.427 e. The average Bonchev–Trinajstić information content (AvgIpc) is 2.44. The lowest BCUT2D eigenvalue weighted by Gasteiger charge is -1.93. The van der Waals surface area contributed by atoms with E-state index >= 15 is 0 Å². The van der Waals surface area contributed by atoms with Crippen LogP contribution in [0.1, 0.15) is 5.56 Å². The van der Waals surface area contributed by atoms with E-state index in [2.05, 4.69) is 4.98 Å². The van der Waals surface area contributed by atoms with Crippen molar-refractivity contribution in [3.05, 3.63) is 29.1 Å². The Morgan fingerprint density at radius 1 is 1.50 bits per heavy atom. The third-order valence-corrected chi connectivity index (χ3v) is 1.80. The van der Waals surface area contributed by atoms with E-state index in [-0.39, 0.29) is 12.0 Å². The van der Waals surface area contributed by atoms with E-state index in [1.165, 1.54) is 0 Å². The Labute approximate surface area is 73.6 Å². The van der Waals surface area contributed by atoms with Crippen LogP contribution in [0, 0.1) is 0 Å². The van der Waals surface area contributed by atoms with Gasteiger partial charge in [-0.1, -0.05) is 12.1 Å². The molecule has 0 atom stereocenters. The summed E-state index contributed by atoms with van der Waals surface area (Å²) in [4.78, 5) is 3.91. The van der Waals surface area contributed by atoms with Crippen molar-refractivity contribution in [3.63, 3.8) is 0 Å². The molecule has 1 aromatic carbocycles. The maximum atomic E-state index is 8.91. The Balaban J connectivity index is 2.78. The Hall–Kier alpha value is -1.06. The largest absolute Gasteiger partial charge is 0.427 e. The molecule has 0 radical (unpaired) electrons. The van der Waals surface area contributed by atoms with E-state index in [9.17, 15) is 0 Å². The maximum Gasteiger partial charge on any atom is 0.293 e. The quantitative estimate of drug-likeness (QED) is 0.735. The summed E-state index contributed by atoms with van der Waals surface area (Å²) in [6.45, 7) is -0.0666. The van der Waals surface area contributed by atoms with Gasteiger partial charge in [0.15, 0.2) is 5.58 Å². The highest BCUT2D eigenvalue weighted by atomic mass is 35.5. The third-order valence-electron chi connectivity index (χ3n) is 1.64. The molecular formula is C8H6ClNO2. The summed E-state index contributed by atoms with van der Waals surface area (Å²) in [6.07, 6.45) is 0. The number of oxazole rings is 1. The highest BCUT2D eigenvalue weighted by Gasteiger charge is 2.06. The zero-order valence-electron chi connectivity index (χ0n) is 6.12. The first kappa shape index (κ1) is 7.58. The SMILES string of the molecule is OCc1cccc2nc(Cl)oc12. The Bertz CT molecular complexity index is 410. The molecule has 1 heterocycles. The number of hydrogen-bond acceptors (Lipinski definition) is 3. The lowest BCUT2D eigenvalue weighted by molar-refractivity contribution is 0.281. The van der Waals surface area contributed by atoms with Crippen molar-refractivity contribution < 1.29 is 9.52 Å². The topological polar surface area (TPSA) is 46.3 Å². The number of rotatable bonds is 1. The molecule has 0 unspecified atom stereocenters. The molecule has 0 aliphatic rings. The minimum atomic E-state index is -0.0666. The van der Waals surface area contributed by atoms with Gasteiger partial charge in [-0.3, -0.25) is 0 Å². The summed E-state index contributed by atoms with van der Waals surface area (Å²) >= 11 is 5.55. The number of benzene rings is 1. The highest BCUT2D eigenvalue weighted by Crippen LogP contribution is 2.22. The van der Waals surface area contributed by atoms with E-state index in [1.807, 2.05) is 0 Å². The molecule has 2 rings (SSSR count). The second-order valence-electron chi connectivity index (χ2n) is 2.39. The van der Waals surface area contributed by atoms with Crippen LogP contribution >= 0.6 is 11.6 Å². The fourth-order valence-corrected chi connectivity index (χ4v) is 1.27. The Morgan fingerprint density at radius 2 is 2.33 bits per heavy atom. The Kier molecular flexibility index (Phi) is 1.75. The number of nitrogens with zero attached hydrogens (tertiary/aromatic N) is 1. The maximum absolute atomic E-state index is 8.91. The molecular weight excluding hydrogens is 178 g/mol. The van der Waals surface area contributed by atoms with Gasteiger partial charge >= 0.3 is 0 Å². The molecule has 0 saturated carbocycles. The molecule has 4 heteroatoms. The number of aromatic nitrogens is 1. The van der Waals surface area contributed by atoms with Crippen LogP contribution in [0.25, 0.3) is 11.1 Å². The number of hydrogen-bond donors (Lipinski definition) is 1. The molecule has 0 bridgehead atoms. The molecule has 12 heavy (non-hydrogen) atoms. The van der Waals surface area contributed by atoms with Crippen LogP contribution in [0.3, 0.4) is 0 Å². The number of para-hydroxylation sites is 1. The molecule has 1 aromatic heterocycles. The summed E-state index contributed by atoms with van der Waals surface area (Å²) < 4.78 is 5.08. The molecule has 0 saturated heterocycles. The van der Waals surface area contributed by atoms with Crippen molar-refractivity contribution in [3.8, 4) is 0 Å². The Morgan fingerprint density at radius 3 is 3.08 bits per heavy atom. The first-order chi connectivity index (χ1) is 5.81. The first-order valence-corrected chi connectivity index (χ1v) is 3.84. The first-order valence-electron chi connectivity index (χ1n) is 3.46. The van der Waals surface area contributed by atoms with E-state index in [1.54, 1.807) is 18.2 Å². The second kappa shape index (κ2) is 2.77. The van der Waals surface area contributed by atoms with Crippen LogP contribution in [0.15, 0.2) is 22.6 Å². The molecule has 0 aliphatic heterocycles. The summed E-state index contributed by atoms with van der Waals surface area (Å²) in [5, 5.41) is 9.02. The van der Waals surface area contributed by atoms with E-state index in [0.717, 1.165) is 0 Å². The van der Waals surface area contributed by atoms with Crippen molar-refractivity contribution in [1.29, 1.82) is 0 Å². The van der Waals surface area contributed by atoms with Crippen molar-refractivity contribution in [2.45, 2.75) is 6.61 Å². The minimum absolute atomic E-state index is 0.0666. The number of aliphatic hydroxyl groups is 1. The monoisotopic (exact) mass is 183 g/mol. The van der Waals surface area contributed by atoms with Crippen LogP contribution in [-0.2, 0) is 6.61 Å². The van der Waals surface area contributed by atoms with Gasteiger partial charge in [-0.15, -0.1) is 0 Å². The fourth-order valence-electron chi connectivity index (χ4n) is 1.10. The third kappa shape index (κ3) is 1.07. The van der Waals surface area contributed by atoms with Crippen molar-refractivity contribution in [2.24, 2.45) is 0 Å². The van der Waals surface area contributed by atoms with Crippen LogP contribution in [-0.4, -0.2) is 10.1 Å². The molecule has 62 valence electrons. The predicted molar refractivity (Wildman–Crippen MR) is 44.9 cm³/mol. The van der Waals surface area contributed by atoms with Gasteiger partial charge in [-0.25, -0.2) is 0 Å². The molecule has 0 aliphatic carbocycles. The number of halogens is 1. The summed E-state index contributed by atoms with van der Waals surface area (Å²) in [5.74, 6) is 0. The molecule has 0 fully saturated rings. The van der Waals surface area contributed by atoms with Crippen LogP contribution in [0.2, 0.25) is 5.35 Å². The van der Waals surface area contributed by atoms with Crippen LogP contribution < -0.4 is 0 Å². The van der Waals surface area contributed by atoms with E-state index in [0.29, 0.717) is 16.7 Å². The molecule has 0 amide bonds. The second-order valence-corrected chi connectivity index (χ2v) is 2.71. The van der Waals surface area contributed by atoms with Gasteiger partial charge in [0.1, 0.15) is 5.52 Å². The smallest absolute Gasteiger partial charge is 0.293 e. The fraction of sp³-hybridized carbons (Fsp3) is 0.125. The van der Waals surface area contributed by atoms with Gasteiger partial charge in [0.2, 0.25) is 0 Å². The number of fused-ring (bicyclic) bond motifs is 1. The van der Waals surface area contributed by atoms with Gasteiger partial charge in [0, 0.05) is 5.56 Å². The standard InChI is InChI=1S/C8H6ClNO2/c9-8-10-6-3-1-2-5(4-11)7(6)12-8/h1-3,11H,4H2. The number of aliphatic hydroxyl groups excluding tert-OH is 1. The van der Waals surface area contributed by atoms with Crippen molar-refractivity contribution in [1.82, 2.24) is 4.98 Å². The summed E-state index contributed by atoms with van der Waals surface area (Å²) in [7, 11) is 0. The van der Waals surface area contributed by atoms with Crippen LogP contribution in [0.4, 0.5) is 0 Å². The zero-order valence-corrected chi connectivity index (χ0v) is 6.88.